The Morgan fingerprint density at radius 3 is 2.00 bits per heavy atom. The summed E-state index contributed by atoms with van der Waals surface area (Å²) in [5, 5.41) is 4.87. The van der Waals surface area contributed by atoms with E-state index in [0.717, 1.165) is 53.2 Å². The predicted molar refractivity (Wildman–Crippen MR) is 102 cm³/mol. The number of hydrogen-bond donors (Lipinski definition) is 1. The van der Waals surface area contributed by atoms with Crippen LogP contribution in [0, 0.1) is 0 Å². The Hall–Kier alpha value is -2.42. The minimum Gasteiger partial charge on any atom is -0.352 e. The summed E-state index contributed by atoms with van der Waals surface area (Å²) in [5.41, 5.74) is 2.46. The van der Waals surface area contributed by atoms with Crippen molar-refractivity contribution in [3.8, 4) is 0 Å². The van der Waals surface area contributed by atoms with Crippen LogP contribution in [0.1, 0.15) is 50.4 Å². The number of hydrogen-bond acceptors (Lipinski definition) is 2. The van der Waals surface area contributed by atoms with Crippen LogP contribution in [0.15, 0.2) is 48.5 Å². The van der Waals surface area contributed by atoms with Crippen LogP contribution >= 0.6 is 0 Å². The van der Waals surface area contributed by atoms with Gasteiger partial charge in [-0.05, 0) is 18.6 Å². The van der Waals surface area contributed by atoms with Crippen molar-refractivity contribution < 1.29 is 4.79 Å². The van der Waals surface area contributed by atoms with Crippen molar-refractivity contribution >= 4 is 27.7 Å². The summed E-state index contributed by atoms with van der Waals surface area (Å²) in [6.07, 6.45) is 3.30. The van der Waals surface area contributed by atoms with Crippen molar-refractivity contribution in [2.75, 3.05) is 6.54 Å². The molecule has 0 saturated heterocycles. The molecule has 3 heteroatoms. The number of unbranched alkanes of at least 4 members (excludes halogenated alkanes) is 2. The minimum atomic E-state index is -0.00842. The quantitative estimate of drug-likeness (QED) is 0.509. The van der Waals surface area contributed by atoms with Crippen LogP contribution < -0.4 is 5.32 Å². The van der Waals surface area contributed by atoms with E-state index in [4.69, 9.17) is 0 Å². The summed E-state index contributed by atoms with van der Waals surface area (Å²) >= 11 is 0. The van der Waals surface area contributed by atoms with Gasteiger partial charge in [0.05, 0.1) is 16.6 Å². The third-order valence-corrected chi connectivity index (χ3v) is 3.88. The zero-order chi connectivity index (χ0) is 17.4. The van der Waals surface area contributed by atoms with E-state index in [9.17, 15) is 4.79 Å². The van der Waals surface area contributed by atoms with E-state index in [1.807, 2.05) is 62.4 Å². The number of pyridine rings is 1. The van der Waals surface area contributed by atoms with Gasteiger partial charge in [0.1, 0.15) is 0 Å². The summed E-state index contributed by atoms with van der Waals surface area (Å²) in [6.45, 7) is 6.88. The lowest BCUT2D eigenvalue weighted by Gasteiger charge is -2.11. The van der Waals surface area contributed by atoms with Crippen LogP contribution in [-0.2, 0) is 0 Å². The van der Waals surface area contributed by atoms with Gasteiger partial charge in [0.2, 0.25) is 0 Å². The molecule has 0 fully saturated rings. The molecule has 24 heavy (non-hydrogen) atoms. The molecule has 0 radical (unpaired) electrons. The fourth-order valence-corrected chi connectivity index (χ4v) is 2.75. The Kier molecular flexibility index (Phi) is 6.74. The Labute approximate surface area is 144 Å². The number of fused-ring (bicyclic) bond motifs is 2. The van der Waals surface area contributed by atoms with E-state index in [0.29, 0.717) is 0 Å². The van der Waals surface area contributed by atoms with Crippen molar-refractivity contribution in [2.45, 2.75) is 40.0 Å². The van der Waals surface area contributed by atoms with E-state index in [-0.39, 0.29) is 5.91 Å². The van der Waals surface area contributed by atoms with Crippen LogP contribution in [0.2, 0.25) is 0 Å². The molecule has 0 aliphatic heterocycles. The first-order valence-electron chi connectivity index (χ1n) is 8.87. The van der Waals surface area contributed by atoms with Gasteiger partial charge in [-0.3, -0.25) is 4.79 Å². The molecule has 126 valence electrons. The maximum absolute atomic E-state index is 12.7. The highest BCUT2D eigenvalue weighted by Gasteiger charge is 2.15. The van der Waals surface area contributed by atoms with Crippen LogP contribution in [0.4, 0.5) is 0 Å². The molecule has 1 heterocycles. The minimum absolute atomic E-state index is 0.00842. The lowest BCUT2D eigenvalue weighted by atomic mass is 10.0. The molecule has 0 aliphatic rings. The van der Waals surface area contributed by atoms with Crippen molar-refractivity contribution in [3.63, 3.8) is 0 Å². The standard InChI is InChI=1S/C19H20N2O.C2H6/c1-2-3-8-13-20-19(22)18-14-9-4-6-11-16(14)21-17-12-7-5-10-15(17)18;1-2/h4-7,9-12H,2-3,8,13H2,1H3,(H,20,22);1-2H3. The summed E-state index contributed by atoms with van der Waals surface area (Å²) in [5.74, 6) is -0.00842. The third kappa shape index (κ3) is 3.91. The molecule has 3 aromatic rings. The summed E-state index contributed by atoms with van der Waals surface area (Å²) < 4.78 is 0. The molecule has 1 N–H and O–H groups in total. The van der Waals surface area contributed by atoms with Gasteiger partial charge < -0.3 is 5.32 Å². The highest BCUT2D eigenvalue weighted by Crippen LogP contribution is 2.25. The van der Waals surface area contributed by atoms with E-state index >= 15 is 0 Å². The number of carbonyl (C=O) groups is 1. The van der Waals surface area contributed by atoms with Crippen LogP contribution in [0.25, 0.3) is 21.8 Å². The number of nitrogens with one attached hydrogen (secondary N) is 1. The van der Waals surface area contributed by atoms with Crippen molar-refractivity contribution in [1.29, 1.82) is 0 Å². The van der Waals surface area contributed by atoms with Gasteiger partial charge in [0.25, 0.3) is 5.91 Å². The van der Waals surface area contributed by atoms with Gasteiger partial charge in [-0.1, -0.05) is 70.0 Å². The molecular formula is C21H26N2O. The number of rotatable bonds is 5. The number of nitrogens with zero attached hydrogens (tertiary/aromatic N) is 1. The molecule has 0 bridgehead atoms. The Balaban J connectivity index is 0.00000100. The molecule has 1 amide bonds. The van der Waals surface area contributed by atoms with E-state index in [1.165, 1.54) is 0 Å². The molecule has 0 aliphatic carbocycles. The van der Waals surface area contributed by atoms with Gasteiger partial charge in [0, 0.05) is 17.3 Å². The fraction of sp³-hybridized carbons (Fsp3) is 0.333. The lowest BCUT2D eigenvalue weighted by molar-refractivity contribution is 0.0956. The molecule has 0 unspecified atom stereocenters. The van der Waals surface area contributed by atoms with Crippen molar-refractivity contribution in [2.24, 2.45) is 0 Å². The van der Waals surface area contributed by atoms with Crippen molar-refractivity contribution in [1.82, 2.24) is 10.3 Å². The largest absolute Gasteiger partial charge is 0.352 e. The first-order chi connectivity index (χ1) is 11.8. The second kappa shape index (κ2) is 9.02. The average molecular weight is 322 g/mol. The summed E-state index contributed by atoms with van der Waals surface area (Å²) in [6, 6.07) is 15.6. The highest BCUT2D eigenvalue weighted by atomic mass is 16.1. The predicted octanol–water partition coefficient (Wildman–Crippen LogP) is 5.33. The maximum atomic E-state index is 12.7. The topological polar surface area (TPSA) is 42.0 Å². The normalized spacial score (nSPS) is 10.3. The van der Waals surface area contributed by atoms with E-state index in [1.54, 1.807) is 0 Å². The second-order valence-corrected chi connectivity index (χ2v) is 5.48. The zero-order valence-corrected chi connectivity index (χ0v) is 14.8. The molecule has 0 saturated carbocycles. The van der Waals surface area contributed by atoms with Crippen molar-refractivity contribution in [3.05, 3.63) is 54.1 Å². The molecule has 3 rings (SSSR count). The van der Waals surface area contributed by atoms with Gasteiger partial charge in [-0.2, -0.15) is 0 Å². The monoisotopic (exact) mass is 322 g/mol. The summed E-state index contributed by atoms with van der Waals surface area (Å²) in [4.78, 5) is 17.3. The number of carbonyl (C=O) groups excluding carboxylic acids is 1. The lowest BCUT2D eigenvalue weighted by Crippen LogP contribution is -2.25. The molecule has 2 aromatic carbocycles. The second-order valence-electron chi connectivity index (χ2n) is 5.48. The molecule has 3 nitrogen and oxygen atoms in total. The van der Waals surface area contributed by atoms with Crippen LogP contribution in [0.5, 0.6) is 0 Å². The molecule has 1 aromatic heterocycles. The average Bonchev–Trinajstić information content (AvgIpc) is 2.64. The van der Waals surface area contributed by atoms with Crippen LogP contribution in [0.3, 0.4) is 0 Å². The van der Waals surface area contributed by atoms with Gasteiger partial charge in [-0.15, -0.1) is 0 Å². The number of para-hydroxylation sites is 2. The van der Waals surface area contributed by atoms with Gasteiger partial charge in [0.15, 0.2) is 0 Å². The molecule has 0 spiro atoms. The van der Waals surface area contributed by atoms with E-state index < -0.39 is 0 Å². The number of benzene rings is 2. The Morgan fingerprint density at radius 1 is 0.917 bits per heavy atom. The maximum Gasteiger partial charge on any atom is 0.252 e. The van der Waals surface area contributed by atoms with Gasteiger partial charge >= 0.3 is 0 Å². The third-order valence-electron chi connectivity index (χ3n) is 3.88. The Morgan fingerprint density at radius 2 is 1.46 bits per heavy atom. The first-order valence-corrected chi connectivity index (χ1v) is 8.87. The molecular weight excluding hydrogens is 296 g/mol. The Bertz CT molecular complexity index is 757. The van der Waals surface area contributed by atoms with Crippen LogP contribution in [-0.4, -0.2) is 17.4 Å². The zero-order valence-electron chi connectivity index (χ0n) is 14.8. The number of amides is 1. The highest BCUT2D eigenvalue weighted by molar-refractivity contribution is 6.16. The SMILES string of the molecule is CC.CCCCCNC(=O)c1c2ccccc2nc2ccccc12. The summed E-state index contributed by atoms with van der Waals surface area (Å²) in [7, 11) is 0. The number of aromatic nitrogens is 1. The van der Waals surface area contributed by atoms with Gasteiger partial charge in [-0.25, -0.2) is 4.98 Å². The fourth-order valence-electron chi connectivity index (χ4n) is 2.75. The first kappa shape index (κ1) is 17.9. The smallest absolute Gasteiger partial charge is 0.252 e. The van der Waals surface area contributed by atoms with E-state index in [2.05, 4.69) is 17.2 Å². The molecule has 0 atom stereocenters.